The highest BCUT2D eigenvalue weighted by Gasteiger charge is 2.19. The van der Waals surface area contributed by atoms with Gasteiger partial charge in [-0.2, -0.15) is 13.8 Å². The van der Waals surface area contributed by atoms with E-state index in [2.05, 4.69) is 4.98 Å². The Morgan fingerprint density at radius 1 is 1.29 bits per heavy atom. The highest BCUT2D eigenvalue weighted by atomic mass is 35.5. The average molecular weight is 224 g/mol. The molecule has 0 aromatic carbocycles. The molecule has 6 heteroatoms. The van der Waals surface area contributed by atoms with Crippen LogP contribution in [0.4, 0.5) is 8.78 Å². The van der Waals surface area contributed by atoms with Crippen molar-refractivity contribution < 1.29 is 19.0 Å². The predicted molar refractivity (Wildman–Crippen MR) is 45.8 cm³/mol. The van der Waals surface area contributed by atoms with Crippen LogP contribution in [0.15, 0.2) is 12.1 Å². The van der Waals surface area contributed by atoms with Gasteiger partial charge in [-0.1, -0.05) is 0 Å². The van der Waals surface area contributed by atoms with Crippen LogP contribution < -0.4 is 0 Å². The Bertz CT molecular complexity index is 304. The van der Waals surface area contributed by atoms with Gasteiger partial charge in [-0.15, -0.1) is 11.6 Å². The zero-order valence-electron chi connectivity index (χ0n) is 6.99. The van der Waals surface area contributed by atoms with Gasteiger partial charge in [0, 0.05) is 0 Å². The number of aromatic nitrogens is 1. The highest BCUT2D eigenvalue weighted by Crippen LogP contribution is 2.18. The topological polar surface area (TPSA) is 53.4 Å². The summed E-state index contributed by atoms with van der Waals surface area (Å²) in [6.45, 7) is 0. The summed E-state index contributed by atoms with van der Waals surface area (Å²) < 4.78 is 25.2. The molecule has 0 saturated carbocycles. The molecule has 2 unspecified atom stereocenters. The normalized spacial score (nSPS) is 15.2. The van der Waals surface area contributed by atoms with E-state index >= 15 is 0 Å². The zero-order valence-corrected chi connectivity index (χ0v) is 7.75. The largest absolute Gasteiger partial charge is 0.389 e. The smallest absolute Gasteiger partial charge is 0.215 e. The van der Waals surface area contributed by atoms with Gasteiger partial charge in [-0.3, -0.25) is 0 Å². The molecule has 1 heterocycles. The maximum absolute atomic E-state index is 12.6. The zero-order chi connectivity index (χ0) is 10.7. The lowest BCUT2D eigenvalue weighted by molar-refractivity contribution is 0.0322. The SMILES string of the molecule is OC(CCl)C(O)c1cc(F)nc(F)c1. The van der Waals surface area contributed by atoms with Crippen LogP contribution in [0.25, 0.3) is 0 Å². The lowest BCUT2D eigenvalue weighted by Crippen LogP contribution is -2.20. The number of pyridine rings is 1. The van der Waals surface area contributed by atoms with Crippen molar-refractivity contribution in [3.8, 4) is 0 Å². The Morgan fingerprint density at radius 3 is 2.21 bits per heavy atom. The van der Waals surface area contributed by atoms with Crippen LogP contribution in [0, 0.1) is 11.9 Å². The van der Waals surface area contributed by atoms with E-state index in [0.29, 0.717) is 0 Å². The third-order valence-corrected chi connectivity index (χ3v) is 1.97. The van der Waals surface area contributed by atoms with E-state index in [9.17, 15) is 13.9 Å². The van der Waals surface area contributed by atoms with Crippen molar-refractivity contribution in [2.45, 2.75) is 12.2 Å². The molecule has 0 amide bonds. The van der Waals surface area contributed by atoms with Crippen molar-refractivity contribution in [3.05, 3.63) is 29.6 Å². The molecule has 0 bridgehead atoms. The highest BCUT2D eigenvalue weighted by molar-refractivity contribution is 6.18. The number of halogens is 3. The number of alkyl halides is 1. The van der Waals surface area contributed by atoms with Gasteiger partial charge >= 0.3 is 0 Å². The first-order chi connectivity index (χ1) is 6.54. The lowest BCUT2D eigenvalue weighted by atomic mass is 10.1. The van der Waals surface area contributed by atoms with Crippen LogP contribution in [0.5, 0.6) is 0 Å². The molecule has 0 aliphatic carbocycles. The second kappa shape index (κ2) is 4.63. The van der Waals surface area contributed by atoms with Crippen LogP contribution in [0.1, 0.15) is 11.7 Å². The summed E-state index contributed by atoms with van der Waals surface area (Å²) >= 11 is 5.26. The monoisotopic (exact) mass is 223 g/mol. The first kappa shape index (κ1) is 11.3. The van der Waals surface area contributed by atoms with E-state index in [4.69, 9.17) is 16.7 Å². The lowest BCUT2D eigenvalue weighted by Gasteiger charge is -2.15. The summed E-state index contributed by atoms with van der Waals surface area (Å²) in [4.78, 5) is 2.84. The molecule has 1 rings (SSSR count). The molecule has 78 valence electrons. The molecule has 0 spiro atoms. The average Bonchev–Trinajstić information content (AvgIpc) is 2.14. The third kappa shape index (κ3) is 2.60. The number of aliphatic hydroxyl groups is 2. The van der Waals surface area contributed by atoms with Crippen molar-refractivity contribution in [3.63, 3.8) is 0 Å². The minimum absolute atomic E-state index is 0.0943. The van der Waals surface area contributed by atoms with Gasteiger partial charge in [-0.25, -0.2) is 0 Å². The van der Waals surface area contributed by atoms with E-state index in [1.807, 2.05) is 0 Å². The molecular weight excluding hydrogens is 216 g/mol. The number of aliphatic hydroxyl groups excluding tert-OH is 2. The van der Waals surface area contributed by atoms with Crippen molar-refractivity contribution in [1.82, 2.24) is 4.98 Å². The number of hydrogen-bond donors (Lipinski definition) is 2. The van der Waals surface area contributed by atoms with Crippen molar-refractivity contribution in [2.24, 2.45) is 0 Å². The predicted octanol–water partition coefficient (Wildman–Crippen LogP) is 0.993. The minimum atomic E-state index is -1.42. The fourth-order valence-corrected chi connectivity index (χ4v) is 1.13. The second-order valence-electron chi connectivity index (χ2n) is 2.71. The second-order valence-corrected chi connectivity index (χ2v) is 3.02. The molecule has 0 saturated heterocycles. The van der Waals surface area contributed by atoms with E-state index in [-0.39, 0.29) is 11.4 Å². The molecule has 2 N–H and O–H groups in total. The van der Waals surface area contributed by atoms with E-state index < -0.39 is 24.1 Å². The van der Waals surface area contributed by atoms with Gasteiger partial charge in [0.15, 0.2) is 0 Å². The molecule has 0 aliphatic rings. The van der Waals surface area contributed by atoms with Crippen LogP contribution in [-0.4, -0.2) is 27.2 Å². The molecule has 2 atom stereocenters. The summed E-state index contributed by atoms with van der Waals surface area (Å²) in [7, 11) is 0. The van der Waals surface area contributed by atoms with E-state index in [1.54, 1.807) is 0 Å². The quantitative estimate of drug-likeness (QED) is 0.594. The summed E-state index contributed by atoms with van der Waals surface area (Å²) in [6.07, 6.45) is -2.68. The Morgan fingerprint density at radius 2 is 1.79 bits per heavy atom. The van der Waals surface area contributed by atoms with E-state index in [1.165, 1.54) is 0 Å². The number of rotatable bonds is 3. The van der Waals surface area contributed by atoms with Crippen molar-refractivity contribution >= 4 is 11.6 Å². The Balaban J connectivity index is 2.94. The summed E-state index contributed by atoms with van der Waals surface area (Å²) in [5, 5.41) is 18.5. The maximum atomic E-state index is 12.6. The van der Waals surface area contributed by atoms with Gasteiger partial charge in [0.25, 0.3) is 0 Å². The standard InChI is InChI=1S/C8H8ClF2NO2/c9-3-5(13)8(14)4-1-6(10)12-7(11)2-4/h1-2,5,8,13-14H,3H2. The Hall–Kier alpha value is -0.780. The minimum Gasteiger partial charge on any atom is -0.389 e. The van der Waals surface area contributed by atoms with Crippen LogP contribution in [0.3, 0.4) is 0 Å². The van der Waals surface area contributed by atoms with Gasteiger partial charge in [0.2, 0.25) is 11.9 Å². The van der Waals surface area contributed by atoms with Crippen molar-refractivity contribution in [2.75, 3.05) is 5.88 Å². The fourth-order valence-electron chi connectivity index (χ4n) is 0.961. The third-order valence-electron chi connectivity index (χ3n) is 1.65. The molecule has 1 aromatic heterocycles. The number of nitrogens with zero attached hydrogens (tertiary/aromatic N) is 1. The molecule has 3 nitrogen and oxygen atoms in total. The molecule has 1 aromatic rings. The number of hydrogen-bond acceptors (Lipinski definition) is 3. The summed E-state index contributed by atoms with van der Waals surface area (Å²) in [6, 6.07) is 1.67. The Kier molecular flexibility index (Phi) is 3.74. The molecule has 0 aliphatic heterocycles. The van der Waals surface area contributed by atoms with E-state index in [0.717, 1.165) is 12.1 Å². The first-order valence-corrected chi connectivity index (χ1v) is 4.33. The molecule has 0 fully saturated rings. The molecule has 0 radical (unpaired) electrons. The van der Waals surface area contributed by atoms with Gasteiger partial charge in [-0.05, 0) is 17.7 Å². The van der Waals surface area contributed by atoms with Crippen LogP contribution in [0.2, 0.25) is 0 Å². The van der Waals surface area contributed by atoms with Crippen LogP contribution >= 0.6 is 11.6 Å². The molecular formula is C8H8ClF2NO2. The van der Waals surface area contributed by atoms with Gasteiger partial charge in [0.05, 0.1) is 12.0 Å². The summed E-state index contributed by atoms with van der Waals surface area (Å²) in [5.74, 6) is -2.34. The van der Waals surface area contributed by atoms with Crippen molar-refractivity contribution in [1.29, 1.82) is 0 Å². The maximum Gasteiger partial charge on any atom is 0.215 e. The van der Waals surface area contributed by atoms with Gasteiger partial charge < -0.3 is 10.2 Å². The fraction of sp³-hybridized carbons (Fsp3) is 0.375. The Labute approximate surface area is 84.0 Å². The van der Waals surface area contributed by atoms with Crippen LogP contribution in [-0.2, 0) is 0 Å². The van der Waals surface area contributed by atoms with Gasteiger partial charge in [0.1, 0.15) is 6.10 Å². The first-order valence-electron chi connectivity index (χ1n) is 3.79. The molecule has 14 heavy (non-hydrogen) atoms. The summed E-state index contributed by atoms with van der Waals surface area (Å²) in [5.41, 5.74) is -0.0943.